The monoisotopic (exact) mass is 241 g/mol. The predicted octanol–water partition coefficient (Wildman–Crippen LogP) is 3.25. The van der Waals surface area contributed by atoms with Crippen molar-refractivity contribution in [3.8, 4) is 5.75 Å². The van der Waals surface area contributed by atoms with E-state index in [-0.39, 0.29) is 6.04 Å². The van der Waals surface area contributed by atoms with Crippen LogP contribution in [0.25, 0.3) is 0 Å². The number of hydrogen-bond acceptors (Lipinski definition) is 2. The minimum atomic E-state index is 0.0262. The zero-order chi connectivity index (χ0) is 13.0. The van der Waals surface area contributed by atoms with Crippen LogP contribution in [0.15, 0.2) is 48.5 Å². The Labute approximate surface area is 108 Å². The lowest BCUT2D eigenvalue weighted by Crippen LogP contribution is -2.14. The predicted molar refractivity (Wildman–Crippen MR) is 74.8 cm³/mol. The van der Waals surface area contributed by atoms with Gasteiger partial charge in [-0.3, -0.25) is 0 Å². The Morgan fingerprint density at radius 2 is 1.89 bits per heavy atom. The first-order chi connectivity index (χ1) is 8.70. The Kier molecular flexibility index (Phi) is 4.00. The molecule has 94 valence electrons. The van der Waals surface area contributed by atoms with Crippen molar-refractivity contribution in [2.45, 2.75) is 19.4 Å². The Morgan fingerprint density at radius 1 is 1.11 bits per heavy atom. The van der Waals surface area contributed by atoms with Crippen LogP contribution in [0.3, 0.4) is 0 Å². The Hall–Kier alpha value is -1.80. The minimum Gasteiger partial charge on any atom is -0.497 e. The van der Waals surface area contributed by atoms with Crippen molar-refractivity contribution in [1.82, 2.24) is 0 Å². The van der Waals surface area contributed by atoms with Gasteiger partial charge in [0.1, 0.15) is 5.75 Å². The molecule has 0 spiro atoms. The normalized spacial score (nSPS) is 12.2. The molecule has 0 saturated carbocycles. The summed E-state index contributed by atoms with van der Waals surface area (Å²) in [5.41, 5.74) is 9.93. The summed E-state index contributed by atoms with van der Waals surface area (Å²) >= 11 is 0. The minimum absolute atomic E-state index is 0.0262. The Bertz CT molecular complexity index is 522. The average molecular weight is 241 g/mol. The topological polar surface area (TPSA) is 35.2 Å². The van der Waals surface area contributed by atoms with Crippen molar-refractivity contribution in [3.63, 3.8) is 0 Å². The molecule has 2 N–H and O–H groups in total. The average Bonchev–Trinajstić information content (AvgIpc) is 2.39. The maximum Gasteiger partial charge on any atom is 0.119 e. The number of rotatable bonds is 4. The van der Waals surface area contributed by atoms with E-state index < -0.39 is 0 Å². The number of nitrogens with two attached hydrogens (primary N) is 1. The van der Waals surface area contributed by atoms with Crippen LogP contribution in [0.1, 0.15) is 22.7 Å². The molecule has 0 bridgehead atoms. The number of methoxy groups -OCH3 is 1. The highest BCUT2D eigenvalue weighted by Crippen LogP contribution is 2.21. The van der Waals surface area contributed by atoms with Gasteiger partial charge >= 0.3 is 0 Å². The van der Waals surface area contributed by atoms with Gasteiger partial charge in [0, 0.05) is 6.04 Å². The van der Waals surface area contributed by atoms with Gasteiger partial charge in [-0.15, -0.1) is 0 Å². The van der Waals surface area contributed by atoms with Gasteiger partial charge in [-0.1, -0.05) is 36.4 Å². The lowest BCUT2D eigenvalue weighted by molar-refractivity contribution is 0.414. The van der Waals surface area contributed by atoms with Gasteiger partial charge in [-0.2, -0.15) is 0 Å². The van der Waals surface area contributed by atoms with Crippen molar-refractivity contribution in [2.24, 2.45) is 5.73 Å². The van der Waals surface area contributed by atoms with E-state index in [2.05, 4.69) is 25.1 Å². The molecule has 0 heterocycles. The molecule has 0 aliphatic rings. The van der Waals surface area contributed by atoms with Crippen LogP contribution in [0.5, 0.6) is 5.75 Å². The zero-order valence-electron chi connectivity index (χ0n) is 10.9. The number of ether oxygens (including phenoxy) is 1. The first-order valence-corrected chi connectivity index (χ1v) is 6.14. The molecule has 1 unspecified atom stereocenters. The van der Waals surface area contributed by atoms with E-state index in [1.54, 1.807) is 7.11 Å². The fourth-order valence-electron chi connectivity index (χ4n) is 2.17. The van der Waals surface area contributed by atoms with Gasteiger partial charge in [0.15, 0.2) is 0 Å². The van der Waals surface area contributed by atoms with Crippen molar-refractivity contribution >= 4 is 0 Å². The Balaban J connectivity index is 2.16. The fraction of sp³-hybridized carbons (Fsp3) is 0.250. The Morgan fingerprint density at radius 3 is 2.61 bits per heavy atom. The van der Waals surface area contributed by atoms with Crippen molar-refractivity contribution in [2.75, 3.05) is 7.11 Å². The first kappa shape index (κ1) is 12.7. The molecule has 0 aliphatic carbocycles. The first-order valence-electron chi connectivity index (χ1n) is 6.14. The molecule has 0 aromatic heterocycles. The summed E-state index contributed by atoms with van der Waals surface area (Å²) in [6.45, 7) is 2.10. The van der Waals surface area contributed by atoms with Crippen molar-refractivity contribution in [3.05, 3.63) is 65.2 Å². The number of benzene rings is 2. The maximum atomic E-state index is 6.28. The summed E-state index contributed by atoms with van der Waals surface area (Å²) < 4.78 is 5.23. The molecule has 0 fully saturated rings. The van der Waals surface area contributed by atoms with Crippen LogP contribution in [-0.2, 0) is 6.42 Å². The second-order valence-electron chi connectivity index (χ2n) is 4.52. The highest BCUT2D eigenvalue weighted by molar-refractivity contribution is 5.33. The molecule has 2 heteroatoms. The van der Waals surface area contributed by atoms with Gasteiger partial charge < -0.3 is 10.5 Å². The van der Waals surface area contributed by atoms with Gasteiger partial charge in [-0.25, -0.2) is 0 Å². The highest BCUT2D eigenvalue weighted by atomic mass is 16.5. The molecule has 2 rings (SSSR count). The van der Waals surface area contributed by atoms with E-state index in [9.17, 15) is 0 Å². The lowest BCUT2D eigenvalue weighted by Gasteiger charge is -2.15. The summed E-state index contributed by atoms with van der Waals surface area (Å²) in [5.74, 6) is 0.879. The molecule has 0 saturated heterocycles. The number of aryl methyl sites for hydroxylation is 1. The second kappa shape index (κ2) is 5.69. The third-order valence-electron chi connectivity index (χ3n) is 3.18. The summed E-state index contributed by atoms with van der Waals surface area (Å²) in [6, 6.07) is 16.4. The standard InChI is InChI=1S/C16H19NO/c1-12-6-3-4-9-15(12)16(17)11-13-7-5-8-14(10-13)18-2/h3-10,16H,11,17H2,1-2H3. The largest absolute Gasteiger partial charge is 0.497 e. The number of hydrogen-bond donors (Lipinski definition) is 1. The van der Waals surface area contributed by atoms with Crippen LogP contribution >= 0.6 is 0 Å². The van der Waals surface area contributed by atoms with Crippen LogP contribution < -0.4 is 10.5 Å². The maximum absolute atomic E-state index is 6.28. The van der Waals surface area contributed by atoms with E-state index in [1.165, 1.54) is 16.7 Å². The van der Waals surface area contributed by atoms with Crippen LogP contribution in [0.4, 0.5) is 0 Å². The summed E-state index contributed by atoms with van der Waals surface area (Å²) in [4.78, 5) is 0. The molecule has 1 atom stereocenters. The lowest BCUT2D eigenvalue weighted by atomic mass is 9.96. The van der Waals surface area contributed by atoms with E-state index in [4.69, 9.17) is 10.5 Å². The third-order valence-corrected chi connectivity index (χ3v) is 3.18. The summed E-state index contributed by atoms with van der Waals surface area (Å²) in [6.07, 6.45) is 0.821. The molecule has 18 heavy (non-hydrogen) atoms. The molecule has 0 radical (unpaired) electrons. The van der Waals surface area contributed by atoms with Gasteiger partial charge in [-0.05, 0) is 42.2 Å². The quantitative estimate of drug-likeness (QED) is 0.891. The molecule has 0 amide bonds. The molecule has 2 aromatic carbocycles. The van der Waals surface area contributed by atoms with E-state index >= 15 is 0 Å². The SMILES string of the molecule is COc1cccc(CC(N)c2ccccc2C)c1. The summed E-state index contributed by atoms with van der Waals surface area (Å²) in [5, 5.41) is 0. The smallest absolute Gasteiger partial charge is 0.119 e. The molecular weight excluding hydrogens is 222 g/mol. The molecule has 2 nitrogen and oxygen atoms in total. The third kappa shape index (κ3) is 2.90. The van der Waals surface area contributed by atoms with E-state index in [1.807, 2.05) is 30.3 Å². The van der Waals surface area contributed by atoms with E-state index in [0.29, 0.717) is 0 Å². The molecule has 2 aromatic rings. The van der Waals surface area contributed by atoms with Gasteiger partial charge in [0.2, 0.25) is 0 Å². The van der Waals surface area contributed by atoms with Crippen molar-refractivity contribution < 1.29 is 4.74 Å². The summed E-state index contributed by atoms with van der Waals surface area (Å²) in [7, 11) is 1.68. The molecule has 0 aliphatic heterocycles. The van der Waals surface area contributed by atoms with Gasteiger partial charge in [0.05, 0.1) is 7.11 Å². The fourth-order valence-corrected chi connectivity index (χ4v) is 2.17. The van der Waals surface area contributed by atoms with Crippen LogP contribution in [-0.4, -0.2) is 7.11 Å². The van der Waals surface area contributed by atoms with Crippen LogP contribution in [0, 0.1) is 6.92 Å². The van der Waals surface area contributed by atoms with Crippen LogP contribution in [0.2, 0.25) is 0 Å². The highest BCUT2D eigenvalue weighted by Gasteiger charge is 2.09. The van der Waals surface area contributed by atoms with E-state index in [0.717, 1.165) is 12.2 Å². The zero-order valence-corrected chi connectivity index (χ0v) is 10.9. The second-order valence-corrected chi connectivity index (χ2v) is 4.52. The van der Waals surface area contributed by atoms with Gasteiger partial charge in [0.25, 0.3) is 0 Å². The van der Waals surface area contributed by atoms with Crippen molar-refractivity contribution in [1.29, 1.82) is 0 Å². The molecular formula is C16H19NO.